The van der Waals surface area contributed by atoms with Crippen molar-refractivity contribution in [1.82, 2.24) is 25.1 Å². The summed E-state index contributed by atoms with van der Waals surface area (Å²) in [7, 11) is 1.82. The number of aromatic nitrogens is 4. The second-order valence-electron chi connectivity index (χ2n) is 3.84. The van der Waals surface area contributed by atoms with Gasteiger partial charge in [-0.25, -0.2) is 0 Å². The lowest BCUT2D eigenvalue weighted by Gasteiger charge is -2.11. The van der Waals surface area contributed by atoms with Gasteiger partial charge in [-0.15, -0.1) is 10.2 Å². The van der Waals surface area contributed by atoms with Crippen molar-refractivity contribution < 1.29 is 4.79 Å². The Morgan fingerprint density at radius 2 is 2.41 bits per heavy atom. The van der Waals surface area contributed by atoms with Crippen LogP contribution in [0.25, 0.3) is 0 Å². The van der Waals surface area contributed by atoms with E-state index in [1.165, 1.54) is 0 Å². The molecular formula is C10H14N6O. The number of nitrogens with one attached hydrogen (secondary N) is 2. The maximum absolute atomic E-state index is 11.8. The van der Waals surface area contributed by atoms with Crippen molar-refractivity contribution in [2.45, 2.75) is 13.0 Å². The van der Waals surface area contributed by atoms with Crippen LogP contribution in [0.15, 0.2) is 18.6 Å². The Balaban J connectivity index is 2.07. The first-order valence-corrected chi connectivity index (χ1v) is 5.16. The summed E-state index contributed by atoms with van der Waals surface area (Å²) in [6.07, 6.45) is 3.16. The highest BCUT2D eigenvalue weighted by atomic mass is 16.1. The fourth-order valence-corrected chi connectivity index (χ4v) is 1.57. The van der Waals surface area contributed by atoms with Crippen molar-refractivity contribution in [1.29, 1.82) is 0 Å². The Kier molecular flexibility index (Phi) is 2.82. The van der Waals surface area contributed by atoms with Gasteiger partial charge in [0.1, 0.15) is 12.0 Å². The van der Waals surface area contributed by atoms with Crippen LogP contribution in [0.1, 0.15) is 29.3 Å². The number of aryl methyl sites for hydroxylation is 1. The quantitative estimate of drug-likeness (QED) is 0.706. The SMILES string of the molecule is CC(NC(=O)c1cc(N)c[nH]1)c1nncn1C. The summed E-state index contributed by atoms with van der Waals surface area (Å²) in [4.78, 5) is 14.6. The molecule has 4 N–H and O–H groups in total. The number of rotatable bonds is 3. The summed E-state index contributed by atoms with van der Waals surface area (Å²) in [5, 5.41) is 10.5. The van der Waals surface area contributed by atoms with Crippen molar-refractivity contribution in [3.63, 3.8) is 0 Å². The molecule has 0 aliphatic rings. The average Bonchev–Trinajstić information content (AvgIpc) is 2.86. The third kappa shape index (κ3) is 2.27. The first-order chi connectivity index (χ1) is 8.08. The van der Waals surface area contributed by atoms with Crippen LogP contribution in [0, 0.1) is 0 Å². The monoisotopic (exact) mass is 234 g/mol. The van der Waals surface area contributed by atoms with Gasteiger partial charge in [-0.1, -0.05) is 0 Å². The minimum Gasteiger partial charge on any atom is -0.397 e. The number of hydrogen-bond acceptors (Lipinski definition) is 4. The average molecular weight is 234 g/mol. The Morgan fingerprint density at radius 3 is 2.94 bits per heavy atom. The summed E-state index contributed by atoms with van der Waals surface area (Å²) in [5.41, 5.74) is 6.48. The number of nitrogens with zero attached hydrogens (tertiary/aromatic N) is 3. The third-order valence-electron chi connectivity index (χ3n) is 2.43. The molecule has 0 bridgehead atoms. The van der Waals surface area contributed by atoms with Crippen molar-refractivity contribution >= 4 is 11.6 Å². The summed E-state index contributed by atoms with van der Waals surface area (Å²) in [6, 6.07) is 1.36. The van der Waals surface area contributed by atoms with E-state index in [9.17, 15) is 4.79 Å². The van der Waals surface area contributed by atoms with Crippen LogP contribution in [-0.4, -0.2) is 25.7 Å². The van der Waals surface area contributed by atoms with Crippen LogP contribution < -0.4 is 11.1 Å². The van der Waals surface area contributed by atoms with Crippen LogP contribution in [-0.2, 0) is 7.05 Å². The van der Waals surface area contributed by atoms with Gasteiger partial charge >= 0.3 is 0 Å². The van der Waals surface area contributed by atoms with Gasteiger partial charge in [0.15, 0.2) is 5.82 Å². The number of carbonyl (C=O) groups is 1. The fraction of sp³-hybridized carbons (Fsp3) is 0.300. The Hall–Kier alpha value is -2.31. The van der Waals surface area contributed by atoms with Crippen LogP contribution >= 0.6 is 0 Å². The number of H-pyrrole nitrogens is 1. The lowest BCUT2D eigenvalue weighted by Crippen LogP contribution is -2.28. The number of nitrogen functional groups attached to an aromatic ring is 1. The minimum atomic E-state index is -0.225. The Labute approximate surface area is 98.0 Å². The molecule has 0 aromatic carbocycles. The Bertz CT molecular complexity index is 528. The molecule has 2 aromatic rings. The summed E-state index contributed by atoms with van der Waals surface area (Å²) < 4.78 is 1.76. The summed E-state index contributed by atoms with van der Waals surface area (Å²) in [6.45, 7) is 1.84. The van der Waals surface area contributed by atoms with E-state index in [0.717, 1.165) is 0 Å². The molecule has 1 atom stereocenters. The van der Waals surface area contributed by atoms with Crippen LogP contribution in [0.3, 0.4) is 0 Å². The molecule has 7 nitrogen and oxygen atoms in total. The van der Waals surface area contributed by atoms with Gasteiger partial charge in [-0.2, -0.15) is 0 Å². The number of nitrogens with two attached hydrogens (primary N) is 1. The number of aromatic amines is 1. The Morgan fingerprint density at radius 1 is 1.65 bits per heavy atom. The van der Waals surface area contributed by atoms with Gasteiger partial charge in [0.05, 0.1) is 6.04 Å². The van der Waals surface area contributed by atoms with E-state index >= 15 is 0 Å². The lowest BCUT2D eigenvalue weighted by molar-refractivity contribution is 0.0933. The molecule has 17 heavy (non-hydrogen) atoms. The van der Waals surface area contributed by atoms with Crippen LogP contribution in [0.5, 0.6) is 0 Å². The highest BCUT2D eigenvalue weighted by Gasteiger charge is 2.16. The molecule has 0 aliphatic heterocycles. The third-order valence-corrected chi connectivity index (χ3v) is 2.43. The maximum Gasteiger partial charge on any atom is 0.268 e. The van der Waals surface area contributed by atoms with E-state index in [4.69, 9.17) is 5.73 Å². The number of anilines is 1. The predicted octanol–water partition coefficient (Wildman–Crippen LogP) is 0.216. The first kappa shape index (κ1) is 11.2. The number of hydrogen-bond donors (Lipinski definition) is 3. The second-order valence-corrected chi connectivity index (χ2v) is 3.84. The topological polar surface area (TPSA) is 102 Å². The maximum atomic E-state index is 11.8. The zero-order valence-corrected chi connectivity index (χ0v) is 9.64. The molecule has 7 heteroatoms. The largest absolute Gasteiger partial charge is 0.397 e. The molecular weight excluding hydrogens is 220 g/mol. The predicted molar refractivity (Wildman–Crippen MR) is 62.1 cm³/mol. The van der Waals surface area contributed by atoms with Gasteiger partial charge in [0, 0.05) is 18.9 Å². The minimum absolute atomic E-state index is 0.223. The van der Waals surface area contributed by atoms with E-state index in [1.54, 1.807) is 23.2 Å². The summed E-state index contributed by atoms with van der Waals surface area (Å²) >= 11 is 0. The zero-order valence-electron chi connectivity index (χ0n) is 9.64. The van der Waals surface area contributed by atoms with Crippen molar-refractivity contribution in [2.75, 3.05) is 5.73 Å². The van der Waals surface area contributed by atoms with Gasteiger partial charge in [0.25, 0.3) is 5.91 Å². The molecule has 90 valence electrons. The molecule has 2 heterocycles. The molecule has 2 rings (SSSR count). The lowest BCUT2D eigenvalue weighted by atomic mass is 10.3. The molecule has 1 amide bonds. The van der Waals surface area contributed by atoms with Crippen molar-refractivity contribution in [3.8, 4) is 0 Å². The van der Waals surface area contributed by atoms with Crippen LogP contribution in [0.4, 0.5) is 5.69 Å². The zero-order chi connectivity index (χ0) is 12.4. The number of carbonyl (C=O) groups excluding carboxylic acids is 1. The molecule has 1 unspecified atom stereocenters. The van der Waals surface area contributed by atoms with E-state index < -0.39 is 0 Å². The molecule has 0 saturated heterocycles. The van der Waals surface area contributed by atoms with E-state index in [1.807, 2.05) is 14.0 Å². The molecule has 0 radical (unpaired) electrons. The normalized spacial score (nSPS) is 12.4. The van der Waals surface area contributed by atoms with Gasteiger partial charge in [0.2, 0.25) is 0 Å². The van der Waals surface area contributed by atoms with Gasteiger partial charge in [-0.3, -0.25) is 4.79 Å². The summed E-state index contributed by atoms with van der Waals surface area (Å²) in [5.74, 6) is 0.468. The molecule has 0 saturated carbocycles. The van der Waals surface area contributed by atoms with E-state index in [0.29, 0.717) is 17.2 Å². The van der Waals surface area contributed by atoms with Crippen molar-refractivity contribution in [2.24, 2.45) is 7.05 Å². The van der Waals surface area contributed by atoms with E-state index in [2.05, 4.69) is 20.5 Å². The molecule has 0 aliphatic carbocycles. The fourth-order valence-electron chi connectivity index (χ4n) is 1.57. The first-order valence-electron chi connectivity index (χ1n) is 5.16. The highest BCUT2D eigenvalue weighted by Crippen LogP contribution is 2.10. The smallest absolute Gasteiger partial charge is 0.268 e. The van der Waals surface area contributed by atoms with Crippen molar-refractivity contribution in [3.05, 3.63) is 30.1 Å². The van der Waals surface area contributed by atoms with E-state index in [-0.39, 0.29) is 11.9 Å². The van der Waals surface area contributed by atoms with Crippen LogP contribution in [0.2, 0.25) is 0 Å². The number of amides is 1. The van der Waals surface area contributed by atoms with Gasteiger partial charge in [-0.05, 0) is 13.0 Å². The second kappa shape index (κ2) is 4.28. The standard InChI is InChI=1S/C10H14N6O/c1-6(9-15-13-5-16(9)2)14-10(17)8-3-7(11)4-12-8/h3-6,12H,11H2,1-2H3,(H,14,17). The molecule has 0 fully saturated rings. The molecule has 2 aromatic heterocycles. The van der Waals surface area contributed by atoms with Gasteiger partial charge < -0.3 is 20.6 Å². The molecule has 0 spiro atoms. The highest BCUT2D eigenvalue weighted by molar-refractivity contribution is 5.93.